The van der Waals surface area contributed by atoms with Crippen LogP contribution in [0.15, 0.2) is 64.3 Å². The number of carbonyl (C=O) groups excluding carboxylic acids is 2. The Morgan fingerprint density at radius 2 is 1.61 bits per heavy atom. The van der Waals surface area contributed by atoms with Crippen molar-refractivity contribution in [2.45, 2.75) is 56.6 Å². The van der Waals surface area contributed by atoms with Gasteiger partial charge in [-0.2, -0.15) is 0 Å². The predicted molar refractivity (Wildman–Crippen MR) is 176 cm³/mol. The number of aromatic nitrogens is 2. The van der Waals surface area contributed by atoms with Gasteiger partial charge in [0.25, 0.3) is 5.56 Å². The molecular weight excluding hydrogens is 611 g/mol. The summed E-state index contributed by atoms with van der Waals surface area (Å²) in [7, 11) is 1.46. The third kappa shape index (κ3) is 6.98. The molecule has 0 spiro atoms. The first-order valence-electron chi connectivity index (χ1n) is 15.3. The number of aliphatic hydroxyl groups excluding tert-OH is 2. The molecule has 5 atom stereocenters. The first-order chi connectivity index (χ1) is 21.8. The summed E-state index contributed by atoms with van der Waals surface area (Å²) < 4.78 is 18.4. The maximum atomic E-state index is 13.4. The van der Waals surface area contributed by atoms with Crippen LogP contribution < -0.4 is 11.2 Å². The number of rotatable bonds is 10. The Labute approximate surface area is 267 Å². The van der Waals surface area contributed by atoms with E-state index in [-0.39, 0.29) is 31.1 Å². The van der Waals surface area contributed by atoms with E-state index in [2.05, 4.69) is 19.6 Å². The molecule has 46 heavy (non-hydrogen) atoms. The van der Waals surface area contributed by atoms with E-state index in [1.165, 1.54) is 24.7 Å². The Bertz CT molecular complexity index is 1750. The molecule has 2 N–H and O–H groups in total. The Morgan fingerprint density at radius 3 is 2.22 bits per heavy atom. The summed E-state index contributed by atoms with van der Waals surface area (Å²) in [6.45, 7) is 4.07. The minimum Gasteiger partial charge on any atom is -0.433 e. The van der Waals surface area contributed by atoms with Gasteiger partial charge < -0.3 is 29.0 Å². The van der Waals surface area contributed by atoms with Crippen molar-refractivity contribution in [3.8, 4) is 11.1 Å². The molecule has 1 aromatic heterocycles. The van der Waals surface area contributed by atoms with E-state index in [4.69, 9.17) is 14.2 Å². The van der Waals surface area contributed by atoms with Crippen LogP contribution in [0.25, 0.3) is 11.1 Å². The van der Waals surface area contributed by atoms with Crippen molar-refractivity contribution in [1.29, 1.82) is 0 Å². The SMILES string of the molecule is C=P(C)(C)CC[C@H]1O[C@@H](c2cn(C)c(=O)n(CCC(C)C(=O)OC(=O)OCC3c4ccccc4-c4ccccc43)c2=O)C(O)[C@@H]1O. The number of benzene rings is 2. The smallest absolute Gasteiger partial charge is 0.433 e. The van der Waals surface area contributed by atoms with E-state index >= 15 is 0 Å². The number of carbonyl (C=O) groups is 2. The number of hydrogen-bond acceptors (Lipinski definition) is 9. The normalized spacial score (nSPS) is 21.4. The van der Waals surface area contributed by atoms with Gasteiger partial charge in [0, 0.05) is 25.7 Å². The predicted octanol–water partition coefficient (Wildman–Crippen LogP) is 3.33. The summed E-state index contributed by atoms with van der Waals surface area (Å²) in [5.74, 6) is -1.90. The van der Waals surface area contributed by atoms with Crippen LogP contribution in [0.4, 0.5) is 4.79 Å². The van der Waals surface area contributed by atoms with Crippen molar-refractivity contribution >= 4 is 25.3 Å². The highest BCUT2D eigenvalue weighted by molar-refractivity contribution is 7.72. The Balaban J connectivity index is 1.20. The van der Waals surface area contributed by atoms with E-state index in [1.807, 2.05) is 48.5 Å². The first-order valence-corrected chi connectivity index (χ1v) is 18.4. The van der Waals surface area contributed by atoms with E-state index in [9.17, 15) is 29.4 Å². The number of esters is 1. The molecule has 2 aromatic carbocycles. The standard InChI is InChI=1S/C34H41N2O9P/c1-20(32(40)45-34(42)43-19-26-23-12-8-6-10-21(23)22-11-7-9-13-24(22)26)14-16-36-31(39)25(18-35(2)33(36)41)30-29(38)28(37)27(44-30)15-17-46(3,4)5/h6-13,18,20,26-30,37-38H,3,14-17,19H2,1-2,4-5H3/t20?,27-,28-,29?,30+/m1/s1. The van der Waals surface area contributed by atoms with Gasteiger partial charge in [-0.3, -0.25) is 14.2 Å². The molecule has 0 radical (unpaired) electrons. The van der Waals surface area contributed by atoms with Gasteiger partial charge in [0.1, 0.15) is 24.9 Å². The monoisotopic (exact) mass is 652 g/mol. The van der Waals surface area contributed by atoms with Gasteiger partial charge in [0.15, 0.2) is 0 Å². The van der Waals surface area contributed by atoms with Crippen molar-refractivity contribution < 1.29 is 34.0 Å². The first kappa shape index (κ1) is 33.6. The van der Waals surface area contributed by atoms with Gasteiger partial charge in [-0.25, -0.2) is 9.59 Å². The second-order valence-corrected chi connectivity index (χ2v) is 17.2. The molecule has 0 saturated carbocycles. The highest BCUT2D eigenvalue weighted by atomic mass is 31.2. The summed E-state index contributed by atoms with van der Waals surface area (Å²) in [5, 5.41) is 21.4. The molecule has 1 saturated heterocycles. The van der Waals surface area contributed by atoms with Crippen LogP contribution in [-0.2, 0) is 32.6 Å². The molecule has 2 aliphatic rings. The molecule has 1 fully saturated rings. The number of aryl methyl sites for hydroxylation is 1. The number of ether oxygens (including phenoxy) is 3. The molecule has 0 amide bonds. The quantitative estimate of drug-likeness (QED) is 0.191. The fourth-order valence-electron chi connectivity index (χ4n) is 6.11. The van der Waals surface area contributed by atoms with Crippen molar-refractivity contribution in [3.05, 3.63) is 92.3 Å². The molecule has 5 rings (SSSR count). The van der Waals surface area contributed by atoms with Crippen LogP contribution in [0.1, 0.15) is 48.5 Å². The number of fused-ring (bicyclic) bond motifs is 3. The number of hydrogen-bond donors (Lipinski definition) is 2. The van der Waals surface area contributed by atoms with E-state index < -0.39 is 60.6 Å². The van der Waals surface area contributed by atoms with Crippen LogP contribution in [0, 0.1) is 5.92 Å². The van der Waals surface area contributed by atoms with Crippen molar-refractivity contribution in [2.24, 2.45) is 13.0 Å². The third-order valence-electron chi connectivity index (χ3n) is 8.75. The summed E-state index contributed by atoms with van der Waals surface area (Å²) in [6.07, 6.45) is 1.18. The lowest BCUT2D eigenvalue weighted by molar-refractivity contribution is -0.144. The summed E-state index contributed by atoms with van der Waals surface area (Å²) >= 11 is 0. The third-order valence-corrected chi connectivity index (χ3v) is 10.2. The highest BCUT2D eigenvalue weighted by Gasteiger charge is 2.44. The molecule has 246 valence electrons. The molecule has 1 aliphatic carbocycles. The lowest BCUT2D eigenvalue weighted by Crippen LogP contribution is -2.42. The van der Waals surface area contributed by atoms with E-state index in [1.54, 1.807) is 0 Å². The molecule has 12 heteroatoms. The molecule has 0 bridgehead atoms. The molecule has 3 aromatic rings. The molecule has 2 unspecified atom stereocenters. The zero-order valence-corrected chi connectivity index (χ0v) is 27.4. The lowest BCUT2D eigenvalue weighted by atomic mass is 9.98. The van der Waals surface area contributed by atoms with Crippen LogP contribution in [0.5, 0.6) is 0 Å². The average molecular weight is 653 g/mol. The number of aliphatic hydroxyl groups is 2. The largest absolute Gasteiger partial charge is 0.516 e. The minimum atomic E-state index is -1.41. The van der Waals surface area contributed by atoms with E-state index in [0.717, 1.165) is 33.0 Å². The second-order valence-electron chi connectivity index (χ2n) is 12.9. The van der Waals surface area contributed by atoms with Crippen LogP contribution in [0.2, 0.25) is 0 Å². The fraction of sp³-hybridized carbons (Fsp3) is 0.441. The van der Waals surface area contributed by atoms with Crippen molar-refractivity contribution in [3.63, 3.8) is 0 Å². The van der Waals surface area contributed by atoms with Gasteiger partial charge in [0.2, 0.25) is 0 Å². The average Bonchev–Trinajstić information content (AvgIpc) is 3.49. The van der Waals surface area contributed by atoms with Crippen LogP contribution >= 0.6 is 6.89 Å². The molecular formula is C34H41N2O9P. The fourth-order valence-corrected chi connectivity index (χ4v) is 7.06. The summed E-state index contributed by atoms with van der Waals surface area (Å²) in [5.41, 5.74) is 2.89. The minimum absolute atomic E-state index is 0.00790. The van der Waals surface area contributed by atoms with Crippen molar-refractivity contribution in [1.82, 2.24) is 9.13 Å². The zero-order valence-electron chi connectivity index (χ0n) is 26.5. The van der Waals surface area contributed by atoms with Gasteiger partial charge in [-0.1, -0.05) is 55.5 Å². The van der Waals surface area contributed by atoms with Gasteiger partial charge in [-0.15, -0.1) is 13.2 Å². The van der Waals surface area contributed by atoms with Crippen LogP contribution in [-0.4, -0.2) is 82.2 Å². The summed E-state index contributed by atoms with van der Waals surface area (Å²) in [4.78, 5) is 51.6. The molecule has 11 nitrogen and oxygen atoms in total. The second kappa shape index (κ2) is 13.5. The maximum absolute atomic E-state index is 13.4. The molecule has 1 aliphatic heterocycles. The topological polar surface area (TPSA) is 146 Å². The summed E-state index contributed by atoms with van der Waals surface area (Å²) in [6, 6.07) is 15.7. The van der Waals surface area contributed by atoms with Gasteiger partial charge >= 0.3 is 17.8 Å². The highest BCUT2D eigenvalue weighted by Crippen LogP contribution is 2.44. The van der Waals surface area contributed by atoms with Gasteiger partial charge in [0.05, 0.1) is 17.6 Å². The molecule has 2 heterocycles. The van der Waals surface area contributed by atoms with Crippen LogP contribution in [0.3, 0.4) is 0 Å². The maximum Gasteiger partial charge on any atom is 0.516 e. The number of nitrogens with zero attached hydrogens (tertiary/aromatic N) is 2. The Hall–Kier alpha value is -3.76. The van der Waals surface area contributed by atoms with E-state index in [0.29, 0.717) is 6.42 Å². The van der Waals surface area contributed by atoms with Gasteiger partial charge in [-0.05, 0) is 54.6 Å². The Morgan fingerprint density at radius 1 is 1.00 bits per heavy atom. The Kier molecular flexibility index (Phi) is 9.89. The zero-order chi connectivity index (χ0) is 33.3. The van der Waals surface area contributed by atoms with Crippen molar-refractivity contribution in [2.75, 3.05) is 26.1 Å². The lowest BCUT2D eigenvalue weighted by Gasteiger charge is -2.19.